The van der Waals surface area contributed by atoms with E-state index in [2.05, 4.69) is 30.5 Å². The number of nitrogens with one attached hydrogen (secondary N) is 2. The first-order valence-corrected chi connectivity index (χ1v) is 8.41. The second-order valence-electron chi connectivity index (χ2n) is 5.99. The maximum absolute atomic E-state index is 11.5. The van der Waals surface area contributed by atoms with Gasteiger partial charge in [-0.15, -0.1) is 0 Å². The molecule has 0 aromatic heterocycles. The van der Waals surface area contributed by atoms with Crippen molar-refractivity contribution >= 4 is 29.0 Å². The second-order valence-corrected chi connectivity index (χ2v) is 7.14. The topological polar surface area (TPSA) is 41.1 Å². The van der Waals surface area contributed by atoms with Gasteiger partial charge in [0.2, 0.25) is 5.91 Å². The minimum Gasteiger partial charge on any atom is -0.381 e. The standard InChI is InChI=1S/C16H24N2OS/c1-4-15(19)18-13-7-5-6-12(10-13)17-14-11-20-9-8-16(14,2)3/h5-7,10,14,17H,4,8-9,11H2,1-3H3,(H,18,19). The summed E-state index contributed by atoms with van der Waals surface area (Å²) in [6.07, 6.45) is 1.74. The molecule has 0 spiro atoms. The normalized spacial score (nSPS) is 21.2. The summed E-state index contributed by atoms with van der Waals surface area (Å²) in [7, 11) is 0. The van der Waals surface area contributed by atoms with E-state index in [0.717, 1.165) is 17.1 Å². The van der Waals surface area contributed by atoms with E-state index in [4.69, 9.17) is 0 Å². The van der Waals surface area contributed by atoms with Gasteiger partial charge in [0, 0.05) is 29.6 Å². The summed E-state index contributed by atoms with van der Waals surface area (Å²) in [6, 6.07) is 8.47. The molecule has 1 aromatic carbocycles. The summed E-state index contributed by atoms with van der Waals surface area (Å²) >= 11 is 2.01. The lowest BCUT2D eigenvalue weighted by Crippen LogP contribution is -2.41. The van der Waals surface area contributed by atoms with Gasteiger partial charge in [-0.2, -0.15) is 11.8 Å². The Bertz CT molecular complexity index is 473. The van der Waals surface area contributed by atoms with Crippen molar-refractivity contribution in [3.8, 4) is 0 Å². The third-order valence-electron chi connectivity index (χ3n) is 3.93. The maximum atomic E-state index is 11.5. The first-order valence-electron chi connectivity index (χ1n) is 7.25. The lowest BCUT2D eigenvalue weighted by molar-refractivity contribution is -0.115. The largest absolute Gasteiger partial charge is 0.381 e. The van der Waals surface area contributed by atoms with Gasteiger partial charge in [-0.25, -0.2) is 0 Å². The van der Waals surface area contributed by atoms with Crippen LogP contribution >= 0.6 is 11.8 Å². The zero-order valence-corrected chi connectivity index (χ0v) is 13.3. The third-order valence-corrected chi connectivity index (χ3v) is 4.99. The molecular weight excluding hydrogens is 268 g/mol. The average Bonchev–Trinajstić information content (AvgIpc) is 2.41. The molecule has 0 aliphatic carbocycles. The van der Waals surface area contributed by atoms with Crippen LogP contribution in [0.1, 0.15) is 33.6 Å². The molecule has 4 heteroatoms. The zero-order valence-electron chi connectivity index (χ0n) is 12.5. The highest BCUT2D eigenvalue weighted by Crippen LogP contribution is 2.36. The summed E-state index contributed by atoms with van der Waals surface area (Å²) in [5.41, 5.74) is 2.26. The molecule has 0 saturated carbocycles. The van der Waals surface area contributed by atoms with Gasteiger partial charge < -0.3 is 10.6 Å². The molecule has 1 aliphatic heterocycles. The second kappa shape index (κ2) is 6.53. The molecule has 0 bridgehead atoms. The maximum Gasteiger partial charge on any atom is 0.224 e. The van der Waals surface area contributed by atoms with Gasteiger partial charge in [-0.3, -0.25) is 4.79 Å². The summed E-state index contributed by atoms with van der Waals surface area (Å²) in [5.74, 6) is 2.44. The molecule has 1 amide bonds. The Morgan fingerprint density at radius 2 is 2.15 bits per heavy atom. The minimum absolute atomic E-state index is 0.0516. The summed E-state index contributed by atoms with van der Waals surface area (Å²) in [5, 5.41) is 6.54. The van der Waals surface area contributed by atoms with Crippen molar-refractivity contribution in [1.29, 1.82) is 0 Å². The van der Waals surface area contributed by atoms with E-state index < -0.39 is 0 Å². The Balaban J connectivity index is 2.05. The number of rotatable bonds is 4. The fourth-order valence-electron chi connectivity index (χ4n) is 2.31. The Kier molecular flexibility index (Phi) is 4.97. The van der Waals surface area contributed by atoms with Crippen LogP contribution in [-0.4, -0.2) is 23.5 Å². The molecule has 0 radical (unpaired) electrons. The van der Waals surface area contributed by atoms with Gasteiger partial charge in [0.05, 0.1) is 0 Å². The highest BCUT2D eigenvalue weighted by molar-refractivity contribution is 7.99. The number of benzene rings is 1. The summed E-state index contributed by atoms with van der Waals surface area (Å²) < 4.78 is 0. The zero-order chi connectivity index (χ0) is 14.6. The van der Waals surface area contributed by atoms with Crippen LogP contribution in [0.25, 0.3) is 0 Å². The van der Waals surface area contributed by atoms with E-state index in [1.165, 1.54) is 12.2 Å². The number of carbonyl (C=O) groups excluding carboxylic acids is 1. The van der Waals surface area contributed by atoms with Gasteiger partial charge >= 0.3 is 0 Å². The van der Waals surface area contributed by atoms with Crippen LogP contribution in [0.5, 0.6) is 0 Å². The Hall–Kier alpha value is -1.16. The van der Waals surface area contributed by atoms with E-state index in [-0.39, 0.29) is 5.91 Å². The van der Waals surface area contributed by atoms with E-state index in [1.54, 1.807) is 0 Å². The van der Waals surface area contributed by atoms with Crippen molar-refractivity contribution in [3.05, 3.63) is 24.3 Å². The molecule has 1 aromatic rings. The molecule has 1 aliphatic rings. The van der Waals surface area contributed by atoms with Crippen LogP contribution in [-0.2, 0) is 4.79 Å². The fraction of sp³-hybridized carbons (Fsp3) is 0.562. The Labute approximate surface area is 125 Å². The molecular formula is C16H24N2OS. The quantitative estimate of drug-likeness (QED) is 0.882. The summed E-state index contributed by atoms with van der Waals surface area (Å²) in [6.45, 7) is 6.51. The number of amides is 1. The number of thioether (sulfide) groups is 1. The first-order chi connectivity index (χ1) is 9.51. The van der Waals surface area contributed by atoms with E-state index in [1.807, 2.05) is 36.9 Å². The van der Waals surface area contributed by atoms with Gasteiger partial charge in [0.1, 0.15) is 0 Å². The predicted molar refractivity (Wildman–Crippen MR) is 88.5 cm³/mol. The number of anilines is 2. The minimum atomic E-state index is 0.0516. The molecule has 110 valence electrons. The molecule has 1 heterocycles. The summed E-state index contributed by atoms with van der Waals surface area (Å²) in [4.78, 5) is 11.5. The van der Waals surface area contributed by atoms with Crippen molar-refractivity contribution in [2.45, 2.75) is 39.7 Å². The highest BCUT2D eigenvalue weighted by Gasteiger charge is 2.32. The van der Waals surface area contributed by atoms with Gasteiger partial charge in [0.25, 0.3) is 0 Å². The molecule has 1 fully saturated rings. The average molecular weight is 292 g/mol. The van der Waals surface area contributed by atoms with Crippen LogP contribution < -0.4 is 10.6 Å². The SMILES string of the molecule is CCC(=O)Nc1cccc(NC2CSCCC2(C)C)c1. The van der Waals surface area contributed by atoms with Crippen LogP contribution in [0.15, 0.2) is 24.3 Å². The molecule has 3 nitrogen and oxygen atoms in total. The molecule has 1 unspecified atom stereocenters. The van der Waals surface area contributed by atoms with Crippen LogP contribution in [0.3, 0.4) is 0 Å². The number of hydrogen-bond acceptors (Lipinski definition) is 3. The Morgan fingerprint density at radius 1 is 1.40 bits per heavy atom. The Morgan fingerprint density at radius 3 is 2.85 bits per heavy atom. The van der Waals surface area contributed by atoms with Crippen LogP contribution in [0.4, 0.5) is 11.4 Å². The monoisotopic (exact) mass is 292 g/mol. The van der Waals surface area contributed by atoms with Crippen LogP contribution in [0, 0.1) is 5.41 Å². The molecule has 1 atom stereocenters. The molecule has 20 heavy (non-hydrogen) atoms. The molecule has 1 saturated heterocycles. The molecule has 2 rings (SSSR count). The molecule has 2 N–H and O–H groups in total. The fourth-order valence-corrected chi connectivity index (χ4v) is 3.92. The van der Waals surface area contributed by atoms with Gasteiger partial charge in [-0.1, -0.05) is 26.8 Å². The third kappa shape index (κ3) is 3.92. The van der Waals surface area contributed by atoms with Crippen molar-refractivity contribution in [2.75, 3.05) is 22.1 Å². The number of hydrogen-bond donors (Lipinski definition) is 2. The van der Waals surface area contributed by atoms with Crippen molar-refractivity contribution in [1.82, 2.24) is 0 Å². The van der Waals surface area contributed by atoms with Gasteiger partial charge in [0.15, 0.2) is 0 Å². The van der Waals surface area contributed by atoms with E-state index in [9.17, 15) is 4.79 Å². The smallest absolute Gasteiger partial charge is 0.224 e. The lowest BCUT2D eigenvalue weighted by atomic mass is 9.82. The number of carbonyl (C=O) groups is 1. The highest BCUT2D eigenvalue weighted by atomic mass is 32.2. The van der Waals surface area contributed by atoms with E-state index in [0.29, 0.717) is 17.9 Å². The van der Waals surface area contributed by atoms with Crippen LogP contribution in [0.2, 0.25) is 0 Å². The van der Waals surface area contributed by atoms with Crippen molar-refractivity contribution in [2.24, 2.45) is 5.41 Å². The van der Waals surface area contributed by atoms with E-state index >= 15 is 0 Å². The predicted octanol–water partition coefficient (Wildman–Crippen LogP) is 3.98. The van der Waals surface area contributed by atoms with Gasteiger partial charge in [-0.05, 0) is 35.8 Å². The van der Waals surface area contributed by atoms with Crippen molar-refractivity contribution < 1.29 is 4.79 Å². The lowest BCUT2D eigenvalue weighted by Gasteiger charge is -2.39. The van der Waals surface area contributed by atoms with Crippen molar-refractivity contribution in [3.63, 3.8) is 0 Å². The first kappa shape index (κ1) is 15.2.